The molecule has 0 spiro atoms. The highest BCUT2D eigenvalue weighted by Gasteiger charge is 2.35. The SMILES string of the molecule is CCOC(=O)C1=C(C)N(C)C(=O)N[C@@H]1c1cccc(NC(=O)c2cccc(F)c2)c1. The predicted molar refractivity (Wildman–Crippen MR) is 109 cm³/mol. The van der Waals surface area contributed by atoms with Gasteiger partial charge in [-0.15, -0.1) is 0 Å². The molecule has 1 heterocycles. The molecule has 3 amide bonds. The van der Waals surface area contributed by atoms with Gasteiger partial charge in [-0.2, -0.15) is 0 Å². The minimum atomic E-state index is -0.737. The zero-order valence-electron chi connectivity index (χ0n) is 16.9. The first-order chi connectivity index (χ1) is 14.3. The van der Waals surface area contributed by atoms with Gasteiger partial charge in [0.05, 0.1) is 18.2 Å². The van der Waals surface area contributed by atoms with Crippen LogP contribution < -0.4 is 10.6 Å². The van der Waals surface area contributed by atoms with Crippen molar-refractivity contribution in [1.82, 2.24) is 10.2 Å². The predicted octanol–water partition coefficient (Wildman–Crippen LogP) is 3.61. The number of anilines is 1. The molecule has 0 fully saturated rings. The Morgan fingerprint density at radius 2 is 1.93 bits per heavy atom. The van der Waals surface area contributed by atoms with E-state index in [-0.39, 0.29) is 18.2 Å². The Morgan fingerprint density at radius 1 is 1.20 bits per heavy atom. The van der Waals surface area contributed by atoms with E-state index < -0.39 is 23.7 Å². The van der Waals surface area contributed by atoms with Crippen molar-refractivity contribution < 1.29 is 23.5 Å². The summed E-state index contributed by atoms with van der Waals surface area (Å²) in [6, 6.07) is 11.0. The van der Waals surface area contributed by atoms with Crippen LogP contribution in [0.1, 0.15) is 35.8 Å². The van der Waals surface area contributed by atoms with Crippen LogP contribution in [0.2, 0.25) is 0 Å². The topological polar surface area (TPSA) is 87.7 Å². The van der Waals surface area contributed by atoms with E-state index in [2.05, 4.69) is 10.6 Å². The lowest BCUT2D eigenvalue weighted by Crippen LogP contribution is -2.46. The standard InChI is InChI=1S/C22H22FN3O4/c1-4-30-21(28)18-13(2)26(3)22(29)25-19(18)14-7-6-10-17(12-14)24-20(27)15-8-5-9-16(23)11-15/h5-12,19H,4H2,1-3H3,(H,24,27)(H,25,29)/t19-/m1/s1. The van der Waals surface area contributed by atoms with Crippen molar-refractivity contribution >= 4 is 23.6 Å². The number of amides is 3. The molecule has 0 unspecified atom stereocenters. The number of ether oxygens (including phenoxy) is 1. The number of benzene rings is 2. The first-order valence-electron chi connectivity index (χ1n) is 9.40. The molecule has 156 valence electrons. The van der Waals surface area contributed by atoms with Crippen molar-refractivity contribution in [3.8, 4) is 0 Å². The summed E-state index contributed by atoms with van der Waals surface area (Å²) < 4.78 is 18.6. The first-order valence-corrected chi connectivity index (χ1v) is 9.40. The van der Waals surface area contributed by atoms with Gasteiger partial charge in [0.2, 0.25) is 0 Å². The quantitative estimate of drug-likeness (QED) is 0.736. The van der Waals surface area contributed by atoms with Gasteiger partial charge in [-0.3, -0.25) is 4.79 Å². The van der Waals surface area contributed by atoms with Crippen LogP contribution in [0.25, 0.3) is 0 Å². The van der Waals surface area contributed by atoms with E-state index >= 15 is 0 Å². The summed E-state index contributed by atoms with van der Waals surface area (Å²) in [6.07, 6.45) is 0. The van der Waals surface area contributed by atoms with Crippen LogP contribution in [0.4, 0.5) is 14.9 Å². The number of allylic oxidation sites excluding steroid dienone is 1. The Kier molecular flexibility index (Phi) is 6.15. The maximum atomic E-state index is 13.4. The molecule has 8 heteroatoms. The number of urea groups is 1. The zero-order valence-corrected chi connectivity index (χ0v) is 16.9. The number of rotatable bonds is 5. The maximum Gasteiger partial charge on any atom is 0.338 e. The molecule has 0 radical (unpaired) electrons. The molecule has 0 saturated heterocycles. The van der Waals surface area contributed by atoms with Crippen molar-refractivity contribution in [2.24, 2.45) is 0 Å². The molecule has 7 nitrogen and oxygen atoms in total. The number of carbonyl (C=O) groups is 3. The first kappa shape index (κ1) is 21.0. The molecule has 3 rings (SSSR count). The van der Waals surface area contributed by atoms with Crippen molar-refractivity contribution in [3.63, 3.8) is 0 Å². The summed E-state index contributed by atoms with van der Waals surface area (Å²) >= 11 is 0. The van der Waals surface area contributed by atoms with Gasteiger partial charge in [0.15, 0.2) is 0 Å². The zero-order chi connectivity index (χ0) is 21.8. The van der Waals surface area contributed by atoms with E-state index in [1.807, 2.05) is 0 Å². The second-order valence-electron chi connectivity index (χ2n) is 6.75. The average Bonchev–Trinajstić information content (AvgIpc) is 2.72. The third-order valence-corrected chi connectivity index (χ3v) is 4.81. The highest BCUT2D eigenvalue weighted by molar-refractivity contribution is 6.04. The summed E-state index contributed by atoms with van der Waals surface area (Å²) in [5, 5.41) is 5.49. The van der Waals surface area contributed by atoms with E-state index in [9.17, 15) is 18.8 Å². The Balaban J connectivity index is 1.92. The minimum absolute atomic E-state index is 0.177. The van der Waals surface area contributed by atoms with Gasteiger partial charge in [0.25, 0.3) is 5.91 Å². The summed E-state index contributed by atoms with van der Waals surface area (Å²) in [7, 11) is 1.57. The third kappa shape index (κ3) is 4.32. The van der Waals surface area contributed by atoms with Gasteiger partial charge in [-0.1, -0.05) is 18.2 Å². The lowest BCUT2D eigenvalue weighted by atomic mass is 9.94. The van der Waals surface area contributed by atoms with Crippen LogP contribution in [-0.2, 0) is 9.53 Å². The fourth-order valence-electron chi connectivity index (χ4n) is 3.19. The summed E-state index contributed by atoms with van der Waals surface area (Å²) in [4.78, 5) is 38.6. The van der Waals surface area contributed by atoms with Gasteiger partial charge < -0.3 is 20.3 Å². The smallest absolute Gasteiger partial charge is 0.338 e. The van der Waals surface area contributed by atoms with Gasteiger partial charge in [0.1, 0.15) is 5.82 Å². The molecule has 30 heavy (non-hydrogen) atoms. The van der Waals surface area contributed by atoms with Crippen molar-refractivity contribution in [2.75, 3.05) is 19.0 Å². The Bertz CT molecular complexity index is 1030. The van der Waals surface area contributed by atoms with Crippen LogP contribution >= 0.6 is 0 Å². The van der Waals surface area contributed by atoms with Gasteiger partial charge in [-0.25, -0.2) is 14.0 Å². The fraction of sp³-hybridized carbons (Fsp3) is 0.227. The minimum Gasteiger partial charge on any atom is -0.463 e. The van der Waals surface area contributed by atoms with Crippen LogP contribution in [0.5, 0.6) is 0 Å². The van der Waals surface area contributed by atoms with Crippen molar-refractivity contribution in [3.05, 3.63) is 76.7 Å². The van der Waals surface area contributed by atoms with Crippen molar-refractivity contribution in [1.29, 1.82) is 0 Å². The van der Waals surface area contributed by atoms with E-state index in [4.69, 9.17) is 4.74 Å². The second-order valence-corrected chi connectivity index (χ2v) is 6.75. The van der Waals surface area contributed by atoms with Crippen molar-refractivity contribution in [2.45, 2.75) is 19.9 Å². The normalized spacial score (nSPS) is 16.2. The lowest BCUT2D eigenvalue weighted by molar-refractivity contribution is -0.139. The Morgan fingerprint density at radius 3 is 2.63 bits per heavy atom. The Hall–Kier alpha value is -3.68. The summed E-state index contributed by atoms with van der Waals surface area (Å²) in [5.41, 5.74) is 2.01. The number of nitrogens with zero attached hydrogens (tertiary/aromatic N) is 1. The average molecular weight is 411 g/mol. The van der Waals surface area contributed by atoms with Crippen LogP contribution in [0, 0.1) is 5.82 Å². The summed E-state index contributed by atoms with van der Waals surface area (Å²) in [5.74, 6) is -1.51. The number of esters is 1. The van der Waals surface area contributed by atoms with Gasteiger partial charge in [0, 0.05) is 24.0 Å². The lowest BCUT2D eigenvalue weighted by Gasteiger charge is -2.33. The number of hydrogen-bond donors (Lipinski definition) is 2. The summed E-state index contributed by atoms with van der Waals surface area (Å²) in [6.45, 7) is 3.58. The monoisotopic (exact) mass is 411 g/mol. The number of halogens is 1. The number of nitrogens with one attached hydrogen (secondary N) is 2. The molecule has 0 saturated carbocycles. The molecule has 0 aliphatic carbocycles. The molecule has 2 aromatic rings. The third-order valence-electron chi connectivity index (χ3n) is 4.81. The molecule has 2 aromatic carbocycles. The Labute approximate surface area is 173 Å². The highest BCUT2D eigenvalue weighted by Crippen LogP contribution is 2.31. The molecular formula is C22H22FN3O4. The second kappa shape index (κ2) is 8.77. The van der Waals surface area contributed by atoms with Gasteiger partial charge >= 0.3 is 12.0 Å². The maximum absolute atomic E-state index is 13.4. The van der Waals surface area contributed by atoms with Gasteiger partial charge in [-0.05, 0) is 49.7 Å². The van der Waals surface area contributed by atoms with E-state index in [1.165, 1.54) is 23.1 Å². The van der Waals surface area contributed by atoms with E-state index in [1.54, 1.807) is 45.2 Å². The molecule has 0 aromatic heterocycles. The molecular weight excluding hydrogens is 389 g/mol. The number of carbonyl (C=O) groups excluding carboxylic acids is 3. The van der Waals surface area contributed by atoms with Crippen LogP contribution in [0.3, 0.4) is 0 Å². The molecule has 2 N–H and O–H groups in total. The molecule has 1 aliphatic heterocycles. The molecule has 0 bridgehead atoms. The van der Waals surface area contributed by atoms with Crippen LogP contribution in [0.15, 0.2) is 59.8 Å². The van der Waals surface area contributed by atoms with Crippen LogP contribution in [-0.4, -0.2) is 36.5 Å². The van der Waals surface area contributed by atoms with E-state index in [0.717, 1.165) is 6.07 Å². The largest absolute Gasteiger partial charge is 0.463 e. The molecule has 1 atom stereocenters. The number of hydrogen-bond acceptors (Lipinski definition) is 4. The molecule has 1 aliphatic rings. The van der Waals surface area contributed by atoms with E-state index in [0.29, 0.717) is 22.5 Å². The highest BCUT2D eigenvalue weighted by atomic mass is 19.1. The fourth-order valence-corrected chi connectivity index (χ4v) is 3.19.